The fourth-order valence-electron chi connectivity index (χ4n) is 4.69. The van der Waals surface area contributed by atoms with Crippen molar-refractivity contribution < 1.29 is 19.2 Å². The van der Waals surface area contributed by atoms with Gasteiger partial charge in [-0.2, -0.15) is 5.10 Å². The Balaban J connectivity index is 1.37. The van der Waals surface area contributed by atoms with Gasteiger partial charge in [-0.3, -0.25) is 29.3 Å². The molecule has 0 saturated heterocycles. The van der Waals surface area contributed by atoms with Gasteiger partial charge in [-0.05, 0) is 30.3 Å². The van der Waals surface area contributed by atoms with Crippen LogP contribution in [0.15, 0.2) is 48.8 Å². The summed E-state index contributed by atoms with van der Waals surface area (Å²) in [6, 6.07) is 9.88. The molecule has 3 heterocycles. The van der Waals surface area contributed by atoms with E-state index in [1.54, 1.807) is 39.5 Å². The Morgan fingerprint density at radius 1 is 0.833 bits per heavy atom. The Labute approximate surface area is 286 Å². The van der Waals surface area contributed by atoms with Crippen molar-refractivity contribution in [3.8, 4) is 0 Å². The smallest absolute Gasteiger partial charge is 0.291 e. The Kier molecular flexibility index (Phi) is 11.8. The highest BCUT2D eigenvalue weighted by Gasteiger charge is 2.20. The molecule has 48 heavy (non-hydrogen) atoms. The number of halogens is 2. The fourth-order valence-corrected chi connectivity index (χ4v) is 5.10. The van der Waals surface area contributed by atoms with Crippen LogP contribution in [-0.2, 0) is 21.1 Å². The Morgan fingerprint density at radius 3 is 2.15 bits per heavy atom. The van der Waals surface area contributed by atoms with Gasteiger partial charge in [-0.15, -0.1) is 23.2 Å². The van der Waals surface area contributed by atoms with Crippen molar-refractivity contribution in [3.63, 3.8) is 0 Å². The van der Waals surface area contributed by atoms with Gasteiger partial charge in [0.05, 0.1) is 11.5 Å². The second kappa shape index (κ2) is 16.0. The van der Waals surface area contributed by atoms with E-state index in [0.717, 1.165) is 5.69 Å². The van der Waals surface area contributed by atoms with Gasteiger partial charge in [-0.1, -0.05) is 0 Å². The largest absolute Gasteiger partial charge is 0.388 e. The number of carbonyl (C=O) groups excluding carboxylic acids is 4. The number of alkyl halides is 2. The van der Waals surface area contributed by atoms with Crippen LogP contribution in [0.3, 0.4) is 0 Å². The van der Waals surface area contributed by atoms with E-state index >= 15 is 0 Å². The molecule has 4 rings (SSSR count). The number of carbonyl (C=O) groups is 4. The van der Waals surface area contributed by atoms with Crippen LogP contribution >= 0.6 is 23.2 Å². The zero-order valence-corrected chi connectivity index (χ0v) is 28.0. The molecule has 0 aliphatic carbocycles. The lowest BCUT2D eigenvalue weighted by Gasteiger charge is -2.22. The summed E-state index contributed by atoms with van der Waals surface area (Å²) < 4.78 is 4.30. The SMILES string of the molecule is Cn1cc(NC(=O)c2nc(NC(=O)c3ccc(N(CCCl)CCCl)cc3)cn2C)cc1C(=O)Nc1cc(C(=O)NCCC(=N)N)n(C)n1. The first-order valence-electron chi connectivity index (χ1n) is 14.7. The van der Waals surface area contributed by atoms with Gasteiger partial charge in [0.25, 0.3) is 23.6 Å². The summed E-state index contributed by atoms with van der Waals surface area (Å²) in [7, 11) is 4.80. The minimum atomic E-state index is -0.566. The van der Waals surface area contributed by atoms with Gasteiger partial charge < -0.3 is 41.0 Å². The van der Waals surface area contributed by atoms with Crippen LogP contribution in [0.2, 0.25) is 0 Å². The molecule has 4 aromatic rings. The van der Waals surface area contributed by atoms with Gasteiger partial charge in [0.15, 0.2) is 11.6 Å². The quantitative estimate of drug-likeness (QED) is 0.0616. The normalized spacial score (nSPS) is 10.8. The summed E-state index contributed by atoms with van der Waals surface area (Å²) in [4.78, 5) is 57.7. The molecular weight excluding hydrogens is 663 g/mol. The predicted octanol–water partition coefficient (Wildman–Crippen LogP) is 2.59. The Bertz CT molecular complexity index is 1810. The standard InChI is InChI=1S/C30H36Cl2N12O4/c1-41-16-19(14-21(41)29(47)38-24-15-22(43(3)40-24)28(46)35-11-8-23(33)34)36-30(48)26-37-25(17-42(26)2)39-27(45)18-4-6-20(7-5-18)44(12-9-31)13-10-32/h4-7,14-17H,8-13H2,1-3H3,(H3,33,34)(H,35,46)(H,36,48)(H,39,45)(H,38,40,47). The van der Waals surface area contributed by atoms with Gasteiger partial charge >= 0.3 is 0 Å². The highest BCUT2D eigenvalue weighted by atomic mass is 35.5. The molecule has 3 aromatic heterocycles. The summed E-state index contributed by atoms with van der Waals surface area (Å²) in [6.07, 6.45) is 3.27. The van der Waals surface area contributed by atoms with Gasteiger partial charge in [0.1, 0.15) is 11.4 Å². The van der Waals surface area contributed by atoms with Crippen molar-refractivity contribution in [2.45, 2.75) is 6.42 Å². The highest BCUT2D eigenvalue weighted by molar-refractivity contribution is 6.18. The molecule has 7 N–H and O–H groups in total. The third-order valence-corrected chi connectivity index (χ3v) is 7.39. The number of nitrogens with zero attached hydrogens (tertiary/aromatic N) is 6. The number of nitrogens with two attached hydrogens (primary N) is 1. The van der Waals surface area contributed by atoms with E-state index in [9.17, 15) is 19.2 Å². The molecule has 16 nitrogen and oxygen atoms in total. The molecule has 0 saturated carbocycles. The number of nitrogens with one attached hydrogen (secondary N) is 5. The number of anilines is 4. The van der Waals surface area contributed by atoms with E-state index < -0.39 is 23.6 Å². The second-order valence-electron chi connectivity index (χ2n) is 10.6. The molecule has 4 amide bonds. The summed E-state index contributed by atoms with van der Waals surface area (Å²) in [5, 5.41) is 22.1. The monoisotopic (exact) mass is 698 g/mol. The number of hydrogen-bond donors (Lipinski definition) is 6. The number of hydrogen-bond acceptors (Lipinski definition) is 8. The van der Waals surface area contributed by atoms with Crippen LogP contribution in [0.1, 0.15) is 48.4 Å². The maximum Gasteiger partial charge on any atom is 0.291 e. The molecule has 18 heteroatoms. The topological polar surface area (TPSA) is 210 Å². The van der Waals surface area contributed by atoms with Gasteiger partial charge in [-0.25, -0.2) is 4.98 Å². The Morgan fingerprint density at radius 2 is 1.50 bits per heavy atom. The number of aryl methyl sites for hydroxylation is 3. The number of amidine groups is 1. The molecule has 0 aliphatic rings. The van der Waals surface area contributed by atoms with Crippen molar-refractivity contribution in [1.29, 1.82) is 5.41 Å². The fraction of sp³-hybridized carbons (Fsp3) is 0.300. The first kappa shape index (κ1) is 35.5. The third-order valence-electron chi connectivity index (χ3n) is 7.05. The van der Waals surface area contributed by atoms with Crippen LogP contribution in [-0.4, -0.2) is 84.8 Å². The molecule has 0 spiro atoms. The summed E-state index contributed by atoms with van der Waals surface area (Å²) in [5.74, 6) is -0.752. The van der Waals surface area contributed by atoms with Crippen molar-refractivity contribution >= 4 is 75.7 Å². The summed E-state index contributed by atoms with van der Waals surface area (Å²) in [5.41, 5.74) is 7.33. The second-order valence-corrected chi connectivity index (χ2v) is 11.4. The molecule has 254 valence electrons. The third kappa shape index (κ3) is 8.92. The highest BCUT2D eigenvalue weighted by Crippen LogP contribution is 2.19. The van der Waals surface area contributed by atoms with Crippen LogP contribution < -0.4 is 31.9 Å². The van der Waals surface area contributed by atoms with E-state index in [-0.39, 0.29) is 47.6 Å². The molecule has 0 bridgehead atoms. The van der Waals surface area contributed by atoms with E-state index in [4.69, 9.17) is 34.3 Å². The van der Waals surface area contributed by atoms with Crippen LogP contribution in [0.5, 0.6) is 0 Å². The summed E-state index contributed by atoms with van der Waals surface area (Å²) >= 11 is 11.8. The predicted molar refractivity (Wildman–Crippen MR) is 185 cm³/mol. The van der Waals surface area contributed by atoms with Gasteiger partial charge in [0, 0.05) is 88.7 Å². The van der Waals surface area contributed by atoms with E-state index in [0.29, 0.717) is 36.1 Å². The van der Waals surface area contributed by atoms with E-state index in [1.165, 1.54) is 32.1 Å². The Hall–Kier alpha value is -5.35. The first-order valence-corrected chi connectivity index (χ1v) is 15.7. The molecule has 0 radical (unpaired) electrons. The zero-order chi connectivity index (χ0) is 35.0. The zero-order valence-electron chi connectivity index (χ0n) is 26.5. The molecule has 0 fully saturated rings. The van der Waals surface area contributed by atoms with E-state index in [1.807, 2.05) is 17.0 Å². The number of rotatable bonds is 15. The molecule has 0 aliphatic heterocycles. The van der Waals surface area contributed by atoms with Crippen LogP contribution in [0.4, 0.5) is 23.0 Å². The average molecular weight is 700 g/mol. The summed E-state index contributed by atoms with van der Waals surface area (Å²) in [6.45, 7) is 1.43. The average Bonchev–Trinajstić information content (AvgIpc) is 3.71. The van der Waals surface area contributed by atoms with Crippen LogP contribution in [0, 0.1) is 5.41 Å². The maximum atomic E-state index is 13.1. The number of imidazole rings is 1. The molecule has 0 unspecified atom stereocenters. The number of aromatic nitrogens is 5. The van der Waals surface area contributed by atoms with Crippen LogP contribution in [0.25, 0.3) is 0 Å². The minimum absolute atomic E-state index is 0.0240. The maximum absolute atomic E-state index is 13.1. The molecular formula is C30H36Cl2N12O4. The molecule has 0 atom stereocenters. The number of benzene rings is 1. The lowest BCUT2D eigenvalue weighted by atomic mass is 10.2. The van der Waals surface area contributed by atoms with E-state index in [2.05, 4.69) is 31.3 Å². The van der Waals surface area contributed by atoms with Crippen molar-refractivity contribution in [2.24, 2.45) is 26.9 Å². The lowest BCUT2D eigenvalue weighted by molar-refractivity contribution is 0.0943. The number of amides is 4. The van der Waals surface area contributed by atoms with Crippen molar-refractivity contribution in [2.75, 3.05) is 52.2 Å². The van der Waals surface area contributed by atoms with Gasteiger partial charge in [0.2, 0.25) is 5.82 Å². The molecule has 1 aromatic carbocycles. The minimum Gasteiger partial charge on any atom is -0.388 e. The lowest BCUT2D eigenvalue weighted by Crippen LogP contribution is -2.29. The van der Waals surface area contributed by atoms with Crippen molar-refractivity contribution in [1.82, 2.24) is 29.2 Å². The first-order chi connectivity index (χ1) is 22.9. The van der Waals surface area contributed by atoms with Crippen molar-refractivity contribution in [3.05, 3.63) is 71.6 Å².